The van der Waals surface area contributed by atoms with Crippen LogP contribution in [0.4, 0.5) is 5.69 Å². The largest absolute Gasteiger partial charge is 0.422 e. The molecule has 0 atom stereocenters. The van der Waals surface area contributed by atoms with Crippen LogP contribution in [0.3, 0.4) is 0 Å². The van der Waals surface area contributed by atoms with E-state index in [0.29, 0.717) is 34.8 Å². The molecule has 0 aliphatic heterocycles. The van der Waals surface area contributed by atoms with E-state index in [1.165, 1.54) is 17.4 Å². The fraction of sp³-hybridized carbons (Fsp3) is 0.0435. The Morgan fingerprint density at radius 1 is 1.03 bits per heavy atom. The summed E-state index contributed by atoms with van der Waals surface area (Å²) >= 11 is 1.53. The van der Waals surface area contributed by atoms with Gasteiger partial charge in [-0.25, -0.2) is 4.79 Å². The Bertz CT molecular complexity index is 1440. The van der Waals surface area contributed by atoms with Crippen LogP contribution in [0.1, 0.15) is 21.8 Å². The SMILES string of the molecule is O=C(Nc1ccccc1Cc1nc(-c2cccs2)no1)c1cc2ccccc2oc1=O. The highest BCUT2D eigenvalue weighted by Crippen LogP contribution is 2.24. The normalized spacial score (nSPS) is 11.0. The zero-order valence-electron chi connectivity index (χ0n) is 16.1. The van der Waals surface area contributed by atoms with Crippen LogP contribution in [0.15, 0.2) is 85.8 Å². The van der Waals surface area contributed by atoms with Gasteiger partial charge in [-0.1, -0.05) is 47.6 Å². The second-order valence-corrected chi connectivity index (χ2v) is 7.71. The molecular formula is C23H15N3O4S. The van der Waals surface area contributed by atoms with Gasteiger partial charge in [0.1, 0.15) is 11.1 Å². The molecule has 7 nitrogen and oxygen atoms in total. The molecule has 3 heterocycles. The van der Waals surface area contributed by atoms with Crippen LogP contribution < -0.4 is 10.9 Å². The number of nitrogens with one attached hydrogen (secondary N) is 1. The Hall–Kier alpha value is -4.04. The van der Waals surface area contributed by atoms with Crippen molar-refractivity contribution in [3.8, 4) is 10.7 Å². The summed E-state index contributed by atoms with van der Waals surface area (Å²) in [5.41, 5.74) is 1.01. The molecule has 0 saturated heterocycles. The van der Waals surface area contributed by atoms with Crippen molar-refractivity contribution in [3.63, 3.8) is 0 Å². The van der Waals surface area contributed by atoms with Crippen molar-refractivity contribution in [1.29, 1.82) is 0 Å². The van der Waals surface area contributed by atoms with E-state index in [4.69, 9.17) is 8.94 Å². The summed E-state index contributed by atoms with van der Waals surface area (Å²) in [5, 5.41) is 9.43. The van der Waals surface area contributed by atoms with E-state index in [1.807, 2.05) is 35.7 Å². The molecule has 0 bridgehead atoms. The minimum absolute atomic E-state index is 0.0636. The number of hydrogen-bond acceptors (Lipinski definition) is 7. The van der Waals surface area contributed by atoms with Gasteiger partial charge in [-0.05, 0) is 35.2 Å². The molecule has 0 unspecified atom stereocenters. The van der Waals surface area contributed by atoms with Gasteiger partial charge in [-0.3, -0.25) is 4.79 Å². The third kappa shape index (κ3) is 3.88. The smallest absolute Gasteiger partial charge is 0.349 e. The third-order valence-corrected chi connectivity index (χ3v) is 5.57. The number of fused-ring (bicyclic) bond motifs is 1. The molecule has 3 aromatic heterocycles. The fourth-order valence-electron chi connectivity index (χ4n) is 3.20. The summed E-state index contributed by atoms with van der Waals surface area (Å²) in [7, 11) is 0. The first-order valence-electron chi connectivity index (χ1n) is 9.46. The van der Waals surface area contributed by atoms with Gasteiger partial charge in [0.2, 0.25) is 11.7 Å². The van der Waals surface area contributed by atoms with E-state index in [9.17, 15) is 9.59 Å². The molecule has 152 valence electrons. The molecule has 1 amide bonds. The van der Waals surface area contributed by atoms with Gasteiger partial charge in [-0.2, -0.15) is 4.98 Å². The second kappa shape index (κ2) is 8.00. The first-order valence-corrected chi connectivity index (χ1v) is 10.3. The quantitative estimate of drug-likeness (QED) is 0.405. The van der Waals surface area contributed by atoms with E-state index >= 15 is 0 Å². The molecule has 5 rings (SSSR count). The van der Waals surface area contributed by atoms with Gasteiger partial charge in [-0.15, -0.1) is 11.3 Å². The molecule has 8 heteroatoms. The first kappa shape index (κ1) is 19.0. The van der Waals surface area contributed by atoms with Crippen molar-refractivity contribution >= 4 is 33.9 Å². The van der Waals surface area contributed by atoms with Gasteiger partial charge in [0.25, 0.3) is 5.91 Å². The average molecular weight is 429 g/mol. The molecule has 0 spiro atoms. The minimum atomic E-state index is -0.689. The van der Waals surface area contributed by atoms with Crippen molar-refractivity contribution in [2.45, 2.75) is 6.42 Å². The van der Waals surface area contributed by atoms with Gasteiger partial charge < -0.3 is 14.3 Å². The van der Waals surface area contributed by atoms with Gasteiger partial charge in [0.15, 0.2) is 0 Å². The number of carbonyl (C=O) groups is 1. The van der Waals surface area contributed by atoms with Crippen LogP contribution in [-0.2, 0) is 6.42 Å². The number of nitrogens with zero attached hydrogens (tertiary/aromatic N) is 2. The maximum atomic E-state index is 12.8. The van der Waals surface area contributed by atoms with Crippen LogP contribution in [0.5, 0.6) is 0 Å². The van der Waals surface area contributed by atoms with Crippen molar-refractivity contribution in [2.24, 2.45) is 0 Å². The Morgan fingerprint density at radius 2 is 1.87 bits per heavy atom. The Labute approximate surface area is 180 Å². The third-order valence-electron chi connectivity index (χ3n) is 4.70. The monoisotopic (exact) mass is 429 g/mol. The lowest BCUT2D eigenvalue weighted by molar-refractivity contribution is 0.102. The molecule has 0 saturated carbocycles. The highest BCUT2D eigenvalue weighted by Gasteiger charge is 2.17. The molecule has 0 fully saturated rings. The zero-order chi connectivity index (χ0) is 21.2. The predicted molar refractivity (Wildman–Crippen MR) is 117 cm³/mol. The summed E-state index contributed by atoms with van der Waals surface area (Å²) in [6.45, 7) is 0. The molecule has 0 aliphatic rings. The van der Waals surface area contributed by atoms with Crippen LogP contribution in [0.25, 0.3) is 21.7 Å². The number of aromatic nitrogens is 2. The molecule has 0 aliphatic carbocycles. The molecule has 2 aromatic carbocycles. The lowest BCUT2D eigenvalue weighted by atomic mass is 10.1. The van der Waals surface area contributed by atoms with Crippen LogP contribution in [0.2, 0.25) is 0 Å². The average Bonchev–Trinajstić information content (AvgIpc) is 3.46. The van der Waals surface area contributed by atoms with E-state index < -0.39 is 11.5 Å². The topological polar surface area (TPSA) is 98.2 Å². The zero-order valence-corrected chi connectivity index (χ0v) is 16.9. The number of carbonyl (C=O) groups excluding carboxylic acids is 1. The molecule has 0 radical (unpaired) electrons. The molecule has 1 N–H and O–H groups in total. The van der Waals surface area contributed by atoms with Gasteiger partial charge in [0, 0.05) is 11.1 Å². The standard InChI is InChI=1S/C23H15N3O4S/c27-22(16-12-15-7-2-4-9-18(15)29-23(16)28)24-17-8-3-1-6-14(17)13-20-25-21(26-30-20)19-10-5-11-31-19/h1-12H,13H2,(H,24,27). The lowest BCUT2D eigenvalue weighted by Gasteiger charge is -2.09. The molecular weight excluding hydrogens is 414 g/mol. The fourth-order valence-corrected chi connectivity index (χ4v) is 3.85. The highest BCUT2D eigenvalue weighted by atomic mass is 32.1. The van der Waals surface area contributed by atoms with Crippen molar-refractivity contribution in [3.05, 3.63) is 99.5 Å². The Kier molecular flexibility index (Phi) is 4.89. The number of benzene rings is 2. The number of hydrogen-bond donors (Lipinski definition) is 1. The second-order valence-electron chi connectivity index (χ2n) is 6.76. The van der Waals surface area contributed by atoms with E-state index in [0.717, 1.165) is 10.4 Å². The van der Waals surface area contributed by atoms with Crippen molar-refractivity contribution in [2.75, 3.05) is 5.32 Å². The minimum Gasteiger partial charge on any atom is -0.422 e. The number of anilines is 1. The van der Waals surface area contributed by atoms with E-state index in [1.54, 1.807) is 30.3 Å². The summed E-state index contributed by atoms with van der Waals surface area (Å²) in [6, 6.07) is 19.7. The van der Waals surface area contributed by atoms with Crippen LogP contribution >= 0.6 is 11.3 Å². The Morgan fingerprint density at radius 3 is 2.74 bits per heavy atom. The van der Waals surface area contributed by atoms with Crippen LogP contribution in [-0.4, -0.2) is 16.0 Å². The van der Waals surface area contributed by atoms with E-state index in [-0.39, 0.29) is 5.56 Å². The number of thiophene rings is 1. The van der Waals surface area contributed by atoms with Gasteiger partial charge in [0.05, 0.1) is 11.3 Å². The van der Waals surface area contributed by atoms with Gasteiger partial charge >= 0.3 is 5.63 Å². The highest BCUT2D eigenvalue weighted by molar-refractivity contribution is 7.13. The summed E-state index contributed by atoms with van der Waals surface area (Å²) in [5.74, 6) is 0.410. The first-order chi connectivity index (χ1) is 15.2. The van der Waals surface area contributed by atoms with E-state index in [2.05, 4.69) is 15.5 Å². The number of para-hydroxylation sites is 2. The Balaban J connectivity index is 1.40. The summed E-state index contributed by atoms with van der Waals surface area (Å²) < 4.78 is 10.6. The summed E-state index contributed by atoms with van der Waals surface area (Å²) in [4.78, 5) is 30.5. The van der Waals surface area contributed by atoms with Crippen molar-refractivity contribution in [1.82, 2.24) is 10.1 Å². The van der Waals surface area contributed by atoms with Crippen molar-refractivity contribution < 1.29 is 13.7 Å². The van der Waals surface area contributed by atoms with Crippen LogP contribution in [0, 0.1) is 0 Å². The maximum absolute atomic E-state index is 12.8. The predicted octanol–water partition coefficient (Wildman–Crippen LogP) is 4.75. The number of rotatable bonds is 5. The number of amides is 1. The lowest BCUT2D eigenvalue weighted by Crippen LogP contribution is -2.21. The summed E-state index contributed by atoms with van der Waals surface area (Å²) in [6.07, 6.45) is 0.334. The molecule has 31 heavy (non-hydrogen) atoms. The molecule has 5 aromatic rings. The maximum Gasteiger partial charge on any atom is 0.349 e.